The highest BCUT2D eigenvalue weighted by atomic mass is 16.4. The molecular weight excluding hydrogens is 686 g/mol. The maximum Gasteiger partial charge on any atom is 0.326 e. The Labute approximate surface area is 309 Å². The van der Waals surface area contributed by atoms with Crippen molar-refractivity contribution in [1.82, 2.24) is 26.6 Å². The lowest BCUT2D eigenvalue weighted by molar-refractivity contribution is -0.143. The van der Waals surface area contributed by atoms with Crippen molar-refractivity contribution in [2.45, 2.75) is 108 Å². The van der Waals surface area contributed by atoms with Crippen molar-refractivity contribution in [2.75, 3.05) is 13.1 Å². The van der Waals surface area contributed by atoms with Gasteiger partial charge < -0.3 is 54.0 Å². The molecule has 0 saturated heterocycles. The largest absolute Gasteiger partial charge is 0.481 e. The number of unbranched alkanes of at least 4 members (excludes halogenated alkanes) is 1. The van der Waals surface area contributed by atoms with Crippen molar-refractivity contribution in [3.8, 4) is 0 Å². The van der Waals surface area contributed by atoms with Gasteiger partial charge in [0.05, 0.1) is 6.04 Å². The number of aliphatic imine (C=N–C) groups is 1. The van der Waals surface area contributed by atoms with Gasteiger partial charge >= 0.3 is 11.9 Å². The van der Waals surface area contributed by atoms with Crippen LogP contribution in [0.3, 0.4) is 0 Å². The molecule has 17 heteroatoms. The Morgan fingerprint density at radius 2 is 1.36 bits per heavy atom. The summed E-state index contributed by atoms with van der Waals surface area (Å²) in [5, 5.41) is 33.8. The molecule has 2 aromatic rings. The smallest absolute Gasteiger partial charge is 0.326 e. The molecule has 0 aliphatic heterocycles. The average Bonchev–Trinajstić information content (AvgIpc) is 3.09. The standard InChI is InChI=1S/C36H55N9O8/c1-21(2)40-17-7-6-11-26(37)32(49)43-27(12-8-18-41-36(38)39)33(50)45-29(20-23-13-14-24-9-4-5-10-25(24)19-23)34(51)42-22(3)31(48)44-28(35(52)53)15-16-30(46)47/h4-5,9-10,13-14,19,21-22,26-29,40H,6-8,11-12,15-18,20,37H2,1-3H3,(H,42,51)(H,43,49)(H,44,48)(H,45,50)(H,46,47)(H,52,53)(H4,38,39,41)/t22-,26+,27-,28-,29+/m1/s1. The Balaban J connectivity index is 2.28. The molecule has 5 atom stereocenters. The third kappa shape index (κ3) is 16.7. The van der Waals surface area contributed by atoms with Crippen LogP contribution in [0.25, 0.3) is 10.8 Å². The number of hydrogen-bond donors (Lipinski definition) is 10. The number of guanidine groups is 1. The van der Waals surface area contributed by atoms with E-state index < -0.39 is 72.2 Å². The van der Waals surface area contributed by atoms with Crippen LogP contribution in [0.5, 0.6) is 0 Å². The van der Waals surface area contributed by atoms with E-state index in [1.54, 1.807) is 6.07 Å². The summed E-state index contributed by atoms with van der Waals surface area (Å²) >= 11 is 0. The number of carboxylic acid groups (broad SMARTS) is 2. The zero-order valence-corrected chi connectivity index (χ0v) is 30.6. The number of fused-ring (bicyclic) bond motifs is 1. The number of nitrogens with two attached hydrogens (primary N) is 3. The number of carbonyl (C=O) groups excluding carboxylic acids is 4. The van der Waals surface area contributed by atoms with Crippen LogP contribution in [0.1, 0.15) is 71.3 Å². The fourth-order valence-electron chi connectivity index (χ4n) is 5.35. The van der Waals surface area contributed by atoms with Gasteiger partial charge in [-0.15, -0.1) is 0 Å². The second kappa shape index (κ2) is 22.6. The Morgan fingerprint density at radius 1 is 0.717 bits per heavy atom. The first-order chi connectivity index (χ1) is 25.1. The number of carboxylic acids is 2. The number of nitrogens with one attached hydrogen (secondary N) is 5. The Bertz CT molecular complexity index is 1580. The predicted octanol–water partition coefficient (Wildman–Crippen LogP) is -0.160. The van der Waals surface area contributed by atoms with Crippen molar-refractivity contribution in [2.24, 2.45) is 22.2 Å². The van der Waals surface area contributed by atoms with Crippen molar-refractivity contribution in [1.29, 1.82) is 0 Å². The highest BCUT2D eigenvalue weighted by Crippen LogP contribution is 2.17. The lowest BCUT2D eigenvalue weighted by Crippen LogP contribution is -2.58. The molecule has 0 aromatic heterocycles. The molecule has 2 rings (SSSR count). The molecular formula is C36H55N9O8. The molecule has 0 unspecified atom stereocenters. The molecule has 292 valence electrons. The lowest BCUT2D eigenvalue weighted by Gasteiger charge is -2.26. The summed E-state index contributed by atoms with van der Waals surface area (Å²) < 4.78 is 0. The predicted molar refractivity (Wildman–Crippen MR) is 200 cm³/mol. The van der Waals surface area contributed by atoms with Gasteiger partial charge in [-0.1, -0.05) is 62.7 Å². The van der Waals surface area contributed by atoms with Gasteiger partial charge in [-0.05, 0) is 61.9 Å². The van der Waals surface area contributed by atoms with Crippen LogP contribution in [-0.2, 0) is 35.2 Å². The van der Waals surface area contributed by atoms with Crippen LogP contribution < -0.4 is 43.8 Å². The first kappa shape index (κ1) is 43.9. The number of hydrogen-bond acceptors (Lipinski definition) is 9. The molecule has 17 nitrogen and oxygen atoms in total. The summed E-state index contributed by atoms with van der Waals surface area (Å²) in [6.45, 7) is 6.34. The Kier molecular flexibility index (Phi) is 18.7. The highest BCUT2D eigenvalue weighted by Gasteiger charge is 2.31. The molecule has 13 N–H and O–H groups in total. The summed E-state index contributed by atoms with van der Waals surface area (Å²) in [7, 11) is 0. The average molecular weight is 742 g/mol. The van der Waals surface area contributed by atoms with E-state index in [9.17, 15) is 33.9 Å². The number of benzene rings is 2. The van der Waals surface area contributed by atoms with E-state index >= 15 is 0 Å². The minimum absolute atomic E-state index is 0.00823. The minimum atomic E-state index is -1.50. The van der Waals surface area contributed by atoms with E-state index in [0.29, 0.717) is 30.9 Å². The minimum Gasteiger partial charge on any atom is -0.481 e. The normalized spacial score (nSPS) is 13.9. The number of rotatable bonds is 24. The van der Waals surface area contributed by atoms with Crippen LogP contribution in [0, 0.1) is 0 Å². The van der Waals surface area contributed by atoms with Gasteiger partial charge in [0.1, 0.15) is 24.2 Å². The fourth-order valence-corrected chi connectivity index (χ4v) is 5.35. The van der Waals surface area contributed by atoms with E-state index in [1.807, 2.05) is 50.2 Å². The maximum atomic E-state index is 13.8. The van der Waals surface area contributed by atoms with Crippen LogP contribution in [0.15, 0.2) is 47.5 Å². The molecule has 0 radical (unpaired) electrons. The van der Waals surface area contributed by atoms with Crippen LogP contribution in [0.4, 0.5) is 0 Å². The number of aliphatic carboxylic acids is 2. The second-order valence-electron chi connectivity index (χ2n) is 13.2. The molecule has 0 aliphatic carbocycles. The van der Waals surface area contributed by atoms with Gasteiger partial charge in [0, 0.05) is 25.4 Å². The molecule has 2 aromatic carbocycles. The first-order valence-corrected chi connectivity index (χ1v) is 17.8. The summed E-state index contributed by atoms with van der Waals surface area (Å²) in [4.78, 5) is 80.2. The monoisotopic (exact) mass is 741 g/mol. The van der Waals surface area contributed by atoms with E-state index in [0.717, 1.165) is 23.7 Å². The van der Waals surface area contributed by atoms with Gasteiger partial charge in [-0.3, -0.25) is 29.0 Å². The molecule has 53 heavy (non-hydrogen) atoms. The van der Waals surface area contributed by atoms with Gasteiger partial charge in [-0.2, -0.15) is 0 Å². The van der Waals surface area contributed by atoms with Crippen LogP contribution in [-0.4, -0.2) is 101 Å². The van der Waals surface area contributed by atoms with Gasteiger partial charge in [-0.25, -0.2) is 4.79 Å². The zero-order valence-electron chi connectivity index (χ0n) is 30.6. The van der Waals surface area contributed by atoms with Gasteiger partial charge in [0.25, 0.3) is 0 Å². The third-order valence-corrected chi connectivity index (χ3v) is 8.31. The maximum absolute atomic E-state index is 13.8. The number of carbonyl (C=O) groups is 6. The third-order valence-electron chi connectivity index (χ3n) is 8.31. The molecule has 0 saturated carbocycles. The summed E-state index contributed by atoms with van der Waals surface area (Å²) in [5.74, 6) is -5.66. The number of nitrogens with zero attached hydrogens (tertiary/aromatic N) is 1. The molecule has 0 bridgehead atoms. The topological polar surface area (TPSA) is 293 Å². The summed E-state index contributed by atoms with van der Waals surface area (Å²) in [6, 6.07) is 7.41. The molecule has 0 fully saturated rings. The van der Waals surface area contributed by atoms with Crippen molar-refractivity contribution in [3.63, 3.8) is 0 Å². The van der Waals surface area contributed by atoms with Crippen molar-refractivity contribution < 1.29 is 39.0 Å². The molecule has 4 amide bonds. The summed E-state index contributed by atoms with van der Waals surface area (Å²) in [6.07, 6.45) is 1.42. The van der Waals surface area contributed by atoms with Crippen LogP contribution >= 0.6 is 0 Å². The SMILES string of the molecule is CC(C)NCCCC[C@H](N)C(=O)N[C@H](CCCN=C(N)N)C(=O)N[C@@H](Cc1ccc2ccccc2c1)C(=O)N[C@H](C)C(=O)N[C@H](CCC(=O)O)C(=O)O. The highest BCUT2D eigenvalue weighted by molar-refractivity contribution is 5.95. The van der Waals surface area contributed by atoms with Gasteiger partial charge in [0.2, 0.25) is 23.6 Å². The van der Waals surface area contributed by atoms with E-state index in [2.05, 4.69) is 31.6 Å². The van der Waals surface area contributed by atoms with Crippen LogP contribution in [0.2, 0.25) is 0 Å². The van der Waals surface area contributed by atoms with Crippen molar-refractivity contribution >= 4 is 52.3 Å². The zero-order chi connectivity index (χ0) is 39.5. The van der Waals surface area contributed by atoms with Crippen molar-refractivity contribution in [3.05, 3.63) is 48.0 Å². The Morgan fingerprint density at radius 3 is 2.00 bits per heavy atom. The Hall–Kier alpha value is -5.29. The second-order valence-corrected chi connectivity index (χ2v) is 13.2. The lowest BCUT2D eigenvalue weighted by atomic mass is 10.00. The first-order valence-electron chi connectivity index (χ1n) is 17.8. The van der Waals surface area contributed by atoms with E-state index in [4.69, 9.17) is 22.3 Å². The van der Waals surface area contributed by atoms with E-state index in [1.165, 1.54) is 6.92 Å². The van der Waals surface area contributed by atoms with E-state index in [-0.39, 0.29) is 31.8 Å². The number of amides is 4. The molecule has 0 heterocycles. The molecule has 0 spiro atoms. The van der Waals surface area contributed by atoms with Gasteiger partial charge in [0.15, 0.2) is 5.96 Å². The quantitative estimate of drug-likeness (QED) is 0.0382. The fraction of sp³-hybridized carbons (Fsp3) is 0.528. The summed E-state index contributed by atoms with van der Waals surface area (Å²) in [5.41, 5.74) is 17.8. The molecule has 0 aliphatic rings.